The third-order valence-corrected chi connectivity index (χ3v) is 5.03. The number of hydrogen-bond donors (Lipinski definition) is 4. The van der Waals surface area contributed by atoms with Crippen LogP contribution < -0.4 is 5.32 Å². The molecule has 28 heavy (non-hydrogen) atoms. The number of aliphatic hydroxyl groups is 3. The second-order valence-electron chi connectivity index (χ2n) is 8.83. The molecule has 5 unspecified atom stereocenters. The van der Waals surface area contributed by atoms with Crippen LogP contribution in [0, 0.1) is 5.92 Å². The van der Waals surface area contributed by atoms with Gasteiger partial charge in [0.2, 0.25) is 5.91 Å². The monoisotopic (exact) mass is 405 g/mol. The maximum Gasteiger partial charge on any atom is 0.222 e. The summed E-state index contributed by atoms with van der Waals surface area (Å²) in [5.41, 5.74) is -1.31. The molecule has 8 nitrogen and oxygen atoms in total. The van der Waals surface area contributed by atoms with Gasteiger partial charge in [0, 0.05) is 12.5 Å². The van der Waals surface area contributed by atoms with Gasteiger partial charge in [-0.1, -0.05) is 13.8 Å². The number of hydrogen-bond acceptors (Lipinski definition) is 7. The first-order chi connectivity index (χ1) is 12.9. The molecule has 1 aliphatic heterocycles. The zero-order valence-corrected chi connectivity index (χ0v) is 18.1. The molecule has 1 saturated heterocycles. The summed E-state index contributed by atoms with van der Waals surface area (Å²) in [6.45, 7) is 11.9. The molecule has 0 aromatic carbocycles. The third-order valence-electron chi connectivity index (χ3n) is 5.03. The van der Waals surface area contributed by atoms with E-state index in [9.17, 15) is 20.1 Å². The topological polar surface area (TPSA) is 117 Å². The standard InChI is InChI=1S/C20H39NO7/c1-7-9-21-15(23)11-20(5,6)26-10-8-19(3,4)28-18-17(25)16(24)13(2)14(12-22)27-18/h13-14,16-18,22,24-25H,7-12H2,1-6H3,(H,21,23). The maximum atomic E-state index is 11.9. The summed E-state index contributed by atoms with van der Waals surface area (Å²) in [5.74, 6) is -0.440. The maximum absolute atomic E-state index is 11.9. The van der Waals surface area contributed by atoms with Crippen LogP contribution in [0.1, 0.15) is 60.8 Å². The van der Waals surface area contributed by atoms with E-state index in [2.05, 4.69) is 5.32 Å². The highest BCUT2D eigenvalue weighted by molar-refractivity contribution is 5.76. The number of nitrogens with one attached hydrogen (secondary N) is 1. The summed E-state index contributed by atoms with van der Waals surface area (Å²) >= 11 is 0. The summed E-state index contributed by atoms with van der Waals surface area (Å²) in [6, 6.07) is 0. The molecule has 166 valence electrons. The first kappa shape index (κ1) is 25.3. The van der Waals surface area contributed by atoms with Gasteiger partial charge in [-0.2, -0.15) is 0 Å². The minimum Gasteiger partial charge on any atom is -0.394 e. The second-order valence-corrected chi connectivity index (χ2v) is 8.83. The van der Waals surface area contributed by atoms with Crippen LogP contribution in [0.15, 0.2) is 0 Å². The number of amides is 1. The molecular weight excluding hydrogens is 366 g/mol. The highest BCUT2D eigenvalue weighted by atomic mass is 16.7. The van der Waals surface area contributed by atoms with E-state index in [4.69, 9.17) is 14.2 Å². The van der Waals surface area contributed by atoms with Crippen molar-refractivity contribution in [3.63, 3.8) is 0 Å². The molecule has 0 saturated carbocycles. The summed E-state index contributed by atoms with van der Waals surface area (Å²) < 4.78 is 17.4. The third kappa shape index (κ3) is 7.93. The van der Waals surface area contributed by atoms with Gasteiger partial charge in [-0.25, -0.2) is 0 Å². The number of ether oxygens (including phenoxy) is 3. The van der Waals surface area contributed by atoms with Gasteiger partial charge in [-0.05, 0) is 40.5 Å². The average Bonchev–Trinajstić information content (AvgIpc) is 2.59. The fourth-order valence-electron chi connectivity index (χ4n) is 3.09. The lowest BCUT2D eigenvalue weighted by molar-refractivity contribution is -0.314. The lowest BCUT2D eigenvalue weighted by Crippen LogP contribution is -2.57. The van der Waals surface area contributed by atoms with Gasteiger partial charge >= 0.3 is 0 Å². The van der Waals surface area contributed by atoms with E-state index < -0.39 is 41.7 Å². The Hall–Kier alpha value is -0.770. The van der Waals surface area contributed by atoms with Gasteiger partial charge in [0.05, 0.1) is 43.0 Å². The van der Waals surface area contributed by atoms with Crippen LogP contribution in [0.4, 0.5) is 0 Å². The van der Waals surface area contributed by atoms with Crippen LogP contribution >= 0.6 is 0 Å². The van der Waals surface area contributed by atoms with E-state index >= 15 is 0 Å². The smallest absolute Gasteiger partial charge is 0.222 e. The van der Waals surface area contributed by atoms with Crippen molar-refractivity contribution < 1.29 is 34.3 Å². The van der Waals surface area contributed by atoms with Gasteiger partial charge in [0.15, 0.2) is 6.29 Å². The fourth-order valence-corrected chi connectivity index (χ4v) is 3.09. The number of rotatable bonds is 11. The van der Waals surface area contributed by atoms with E-state index in [1.807, 2.05) is 34.6 Å². The molecule has 0 radical (unpaired) electrons. The minimum atomic E-state index is -1.20. The van der Waals surface area contributed by atoms with Gasteiger partial charge < -0.3 is 34.8 Å². The van der Waals surface area contributed by atoms with E-state index in [1.165, 1.54) is 0 Å². The summed E-state index contributed by atoms with van der Waals surface area (Å²) in [4.78, 5) is 11.9. The van der Waals surface area contributed by atoms with E-state index in [-0.39, 0.29) is 18.9 Å². The minimum absolute atomic E-state index is 0.0424. The number of aliphatic hydroxyl groups excluding tert-OH is 3. The lowest BCUT2D eigenvalue weighted by Gasteiger charge is -2.43. The molecule has 1 aliphatic rings. The average molecular weight is 406 g/mol. The van der Waals surface area contributed by atoms with Crippen LogP contribution in [0.25, 0.3) is 0 Å². The Morgan fingerprint density at radius 1 is 1.14 bits per heavy atom. The quantitative estimate of drug-likeness (QED) is 0.404. The first-order valence-corrected chi connectivity index (χ1v) is 10.1. The van der Waals surface area contributed by atoms with Gasteiger partial charge in [0.25, 0.3) is 0 Å². The molecule has 0 bridgehead atoms. The Labute approximate surface area is 168 Å². The molecule has 0 spiro atoms. The molecule has 1 amide bonds. The number of carbonyl (C=O) groups excluding carboxylic acids is 1. The van der Waals surface area contributed by atoms with E-state index in [1.54, 1.807) is 6.92 Å². The molecule has 1 heterocycles. The van der Waals surface area contributed by atoms with Crippen molar-refractivity contribution in [3.8, 4) is 0 Å². The Kier molecular flexibility index (Phi) is 9.79. The van der Waals surface area contributed by atoms with Crippen molar-refractivity contribution >= 4 is 5.91 Å². The SMILES string of the molecule is CCCNC(=O)CC(C)(C)OCCC(C)(C)OC1OC(CO)C(C)C(O)C1O. The van der Waals surface area contributed by atoms with E-state index in [0.29, 0.717) is 19.6 Å². The second kappa shape index (κ2) is 10.8. The van der Waals surface area contributed by atoms with Crippen molar-refractivity contribution in [2.75, 3.05) is 19.8 Å². The zero-order chi connectivity index (χ0) is 21.5. The zero-order valence-electron chi connectivity index (χ0n) is 18.1. The molecule has 1 rings (SSSR count). The Morgan fingerprint density at radius 2 is 1.79 bits per heavy atom. The van der Waals surface area contributed by atoms with Crippen molar-refractivity contribution in [1.29, 1.82) is 0 Å². The summed E-state index contributed by atoms with van der Waals surface area (Å²) in [5, 5.41) is 32.7. The van der Waals surface area contributed by atoms with Crippen LogP contribution in [0.2, 0.25) is 0 Å². The Balaban J connectivity index is 2.51. The predicted octanol–water partition coefficient (Wildman–Crippen LogP) is 0.958. The van der Waals surface area contributed by atoms with Crippen molar-refractivity contribution in [2.24, 2.45) is 5.92 Å². The molecule has 1 fully saturated rings. The van der Waals surface area contributed by atoms with Crippen molar-refractivity contribution in [3.05, 3.63) is 0 Å². The highest BCUT2D eigenvalue weighted by Gasteiger charge is 2.44. The summed E-state index contributed by atoms with van der Waals surface area (Å²) in [7, 11) is 0. The van der Waals surface area contributed by atoms with Gasteiger partial charge in [-0.15, -0.1) is 0 Å². The van der Waals surface area contributed by atoms with Crippen molar-refractivity contribution in [2.45, 2.75) is 96.6 Å². The molecule has 8 heteroatoms. The largest absolute Gasteiger partial charge is 0.394 e. The Bertz CT molecular complexity index is 481. The Morgan fingerprint density at radius 3 is 2.36 bits per heavy atom. The lowest BCUT2D eigenvalue weighted by atomic mass is 9.91. The van der Waals surface area contributed by atoms with E-state index in [0.717, 1.165) is 6.42 Å². The summed E-state index contributed by atoms with van der Waals surface area (Å²) in [6.07, 6.45) is -2.23. The van der Waals surface area contributed by atoms with Crippen LogP contribution in [0.3, 0.4) is 0 Å². The first-order valence-electron chi connectivity index (χ1n) is 10.1. The molecule has 4 N–H and O–H groups in total. The van der Waals surface area contributed by atoms with Gasteiger partial charge in [-0.3, -0.25) is 4.79 Å². The fraction of sp³-hybridized carbons (Fsp3) is 0.950. The van der Waals surface area contributed by atoms with Crippen LogP contribution in [-0.2, 0) is 19.0 Å². The van der Waals surface area contributed by atoms with Crippen LogP contribution in [0.5, 0.6) is 0 Å². The normalized spacial score (nSPS) is 29.0. The van der Waals surface area contributed by atoms with Crippen LogP contribution in [-0.4, -0.2) is 76.8 Å². The van der Waals surface area contributed by atoms with Gasteiger partial charge in [0.1, 0.15) is 6.10 Å². The predicted molar refractivity (Wildman–Crippen MR) is 105 cm³/mol. The molecule has 0 aromatic heterocycles. The van der Waals surface area contributed by atoms with Crippen molar-refractivity contribution in [1.82, 2.24) is 5.32 Å². The number of carbonyl (C=O) groups is 1. The highest BCUT2D eigenvalue weighted by Crippen LogP contribution is 2.30. The molecular formula is C20H39NO7. The molecule has 0 aromatic rings. The molecule has 0 aliphatic carbocycles. The molecule has 5 atom stereocenters.